The van der Waals surface area contributed by atoms with E-state index in [0.29, 0.717) is 23.9 Å². The zero-order valence-corrected chi connectivity index (χ0v) is 14.8. The first-order valence-electron chi connectivity index (χ1n) is 8.20. The monoisotopic (exact) mass is 340 g/mol. The van der Waals surface area contributed by atoms with E-state index in [1.165, 1.54) is 5.57 Å². The molecule has 2 fully saturated rings. The smallest absolute Gasteiger partial charge is 0.410 e. The van der Waals surface area contributed by atoms with Crippen LogP contribution in [0.4, 0.5) is 4.79 Å². The highest BCUT2D eigenvalue weighted by molar-refractivity contribution is 6.64. The molecule has 0 aromatic rings. The van der Waals surface area contributed by atoms with E-state index in [4.69, 9.17) is 16.3 Å². The van der Waals surface area contributed by atoms with Crippen LogP contribution in [-0.4, -0.2) is 65.1 Å². The maximum Gasteiger partial charge on any atom is 0.410 e. The molecule has 0 spiro atoms. The molecule has 2 atom stereocenters. The summed E-state index contributed by atoms with van der Waals surface area (Å²) in [5, 5.41) is 3.42. The summed E-state index contributed by atoms with van der Waals surface area (Å²) in [5.41, 5.74) is 0.792. The quantitative estimate of drug-likeness (QED) is 0.783. The molecule has 1 amide bonds. The number of ether oxygens (including phenoxy) is 1. The average Bonchev–Trinajstić information content (AvgIpc) is 2.69. The zero-order valence-electron chi connectivity index (χ0n) is 14.0. The van der Waals surface area contributed by atoms with Crippen molar-refractivity contribution in [3.63, 3.8) is 0 Å². The molecule has 3 aliphatic rings. The van der Waals surface area contributed by atoms with Crippen LogP contribution in [0.2, 0.25) is 0 Å². The lowest BCUT2D eigenvalue weighted by molar-refractivity contribution is 0.00298. The lowest BCUT2D eigenvalue weighted by atomic mass is 10.1. The third-order valence-corrected chi connectivity index (χ3v) is 4.72. The summed E-state index contributed by atoms with van der Waals surface area (Å²) < 4.78 is 5.51. The van der Waals surface area contributed by atoms with Crippen molar-refractivity contribution in [2.24, 2.45) is 4.99 Å². The van der Waals surface area contributed by atoms with E-state index in [1.54, 1.807) is 0 Å². The zero-order chi connectivity index (χ0) is 16.6. The summed E-state index contributed by atoms with van der Waals surface area (Å²) in [4.78, 5) is 20.9. The number of hydrogen-bond donors (Lipinski definition) is 1. The van der Waals surface area contributed by atoms with E-state index < -0.39 is 5.60 Å². The lowest BCUT2D eigenvalue weighted by Crippen LogP contribution is -2.56. The summed E-state index contributed by atoms with van der Waals surface area (Å²) in [6.45, 7) is 8.75. The SMILES string of the molecule is CC(C)(C)OC(=O)N1CC2CCC(C1)N2CC1=CNC(Cl)=NC1. The van der Waals surface area contributed by atoms with Gasteiger partial charge in [0.25, 0.3) is 0 Å². The Kier molecular flexibility index (Phi) is 4.56. The van der Waals surface area contributed by atoms with Gasteiger partial charge in [-0.2, -0.15) is 0 Å². The van der Waals surface area contributed by atoms with Gasteiger partial charge in [0.05, 0.1) is 6.54 Å². The number of likely N-dealkylation sites (tertiary alicyclic amines) is 1. The largest absolute Gasteiger partial charge is 0.444 e. The van der Waals surface area contributed by atoms with Gasteiger partial charge in [0.2, 0.25) is 0 Å². The maximum atomic E-state index is 12.3. The third-order valence-electron chi connectivity index (χ3n) is 4.49. The van der Waals surface area contributed by atoms with Gasteiger partial charge in [0, 0.05) is 37.9 Å². The van der Waals surface area contributed by atoms with Crippen LogP contribution < -0.4 is 5.32 Å². The average molecular weight is 341 g/mol. The maximum absolute atomic E-state index is 12.3. The number of nitrogens with one attached hydrogen (secondary N) is 1. The Morgan fingerprint density at radius 3 is 2.57 bits per heavy atom. The van der Waals surface area contributed by atoms with Crippen LogP contribution in [0, 0.1) is 0 Å². The van der Waals surface area contributed by atoms with Crippen molar-refractivity contribution >= 4 is 23.0 Å². The van der Waals surface area contributed by atoms with Crippen LogP contribution >= 0.6 is 11.6 Å². The first kappa shape index (κ1) is 16.6. The van der Waals surface area contributed by atoms with Crippen LogP contribution in [0.5, 0.6) is 0 Å². The highest BCUT2D eigenvalue weighted by Gasteiger charge is 2.42. The van der Waals surface area contributed by atoms with Crippen molar-refractivity contribution in [3.05, 3.63) is 11.8 Å². The molecule has 0 aromatic carbocycles. The lowest BCUT2D eigenvalue weighted by Gasteiger charge is -2.41. The molecule has 6 nitrogen and oxygen atoms in total. The molecule has 23 heavy (non-hydrogen) atoms. The predicted octanol–water partition coefficient (Wildman–Crippen LogP) is 2.15. The van der Waals surface area contributed by atoms with Gasteiger partial charge in [-0.1, -0.05) is 0 Å². The Hall–Kier alpha value is -1.27. The number of amidine groups is 1. The number of piperazine rings is 1. The second-order valence-corrected chi connectivity index (χ2v) is 7.85. The molecule has 0 radical (unpaired) electrons. The van der Waals surface area contributed by atoms with Gasteiger partial charge in [0.1, 0.15) is 5.60 Å². The highest BCUT2D eigenvalue weighted by atomic mass is 35.5. The minimum absolute atomic E-state index is 0.191. The second-order valence-electron chi connectivity index (χ2n) is 7.50. The fourth-order valence-electron chi connectivity index (χ4n) is 3.48. The number of halogens is 1. The number of amides is 1. The second kappa shape index (κ2) is 6.32. The Labute approximate surface area is 142 Å². The number of aliphatic imine (C=N–C) groups is 1. The standard InChI is InChI=1S/C16H25ClN4O2/c1-16(2,3)23-15(22)20-9-12-4-5-13(10-20)21(12)8-11-6-18-14(17)19-7-11/h6,12-13H,4-5,7-10H2,1-3H3,(H,18,19). The predicted molar refractivity (Wildman–Crippen MR) is 90.7 cm³/mol. The molecule has 7 heteroatoms. The Balaban J connectivity index is 1.58. The van der Waals surface area contributed by atoms with Gasteiger partial charge in [-0.05, 0) is 50.8 Å². The summed E-state index contributed by atoms with van der Waals surface area (Å²) >= 11 is 5.82. The number of carbonyl (C=O) groups is 1. The van der Waals surface area contributed by atoms with E-state index in [2.05, 4.69) is 15.2 Å². The van der Waals surface area contributed by atoms with Gasteiger partial charge in [-0.25, -0.2) is 4.79 Å². The Morgan fingerprint density at radius 1 is 1.39 bits per heavy atom. The van der Waals surface area contributed by atoms with Gasteiger partial charge >= 0.3 is 6.09 Å². The first-order chi connectivity index (χ1) is 10.8. The van der Waals surface area contributed by atoms with Crippen molar-refractivity contribution in [1.82, 2.24) is 15.1 Å². The topological polar surface area (TPSA) is 57.2 Å². The fraction of sp³-hybridized carbons (Fsp3) is 0.750. The van der Waals surface area contributed by atoms with E-state index >= 15 is 0 Å². The summed E-state index contributed by atoms with van der Waals surface area (Å²) in [7, 11) is 0. The number of hydrogen-bond acceptors (Lipinski definition) is 5. The van der Waals surface area contributed by atoms with Crippen LogP contribution in [0.25, 0.3) is 0 Å². The minimum Gasteiger partial charge on any atom is -0.444 e. The fourth-order valence-corrected chi connectivity index (χ4v) is 3.59. The molecule has 0 aromatic heterocycles. The molecule has 0 saturated carbocycles. The summed E-state index contributed by atoms with van der Waals surface area (Å²) in [5.74, 6) is 0. The van der Waals surface area contributed by atoms with E-state index in [-0.39, 0.29) is 6.09 Å². The molecule has 2 saturated heterocycles. The van der Waals surface area contributed by atoms with Crippen LogP contribution in [0.1, 0.15) is 33.6 Å². The molecule has 3 rings (SSSR count). The van der Waals surface area contributed by atoms with Crippen molar-refractivity contribution in [2.75, 3.05) is 26.2 Å². The molecular formula is C16H25ClN4O2. The van der Waals surface area contributed by atoms with E-state index in [0.717, 1.165) is 32.5 Å². The van der Waals surface area contributed by atoms with Crippen molar-refractivity contribution < 1.29 is 9.53 Å². The van der Waals surface area contributed by atoms with E-state index in [1.807, 2.05) is 31.9 Å². The molecule has 128 valence electrons. The Morgan fingerprint density at radius 2 is 2.04 bits per heavy atom. The van der Waals surface area contributed by atoms with Crippen molar-refractivity contribution in [2.45, 2.75) is 51.3 Å². The molecule has 1 N–H and O–H groups in total. The van der Waals surface area contributed by atoms with Crippen LogP contribution in [-0.2, 0) is 4.74 Å². The summed E-state index contributed by atoms with van der Waals surface area (Å²) in [6.07, 6.45) is 4.03. The molecule has 2 bridgehead atoms. The molecule has 2 unspecified atom stereocenters. The van der Waals surface area contributed by atoms with Gasteiger partial charge in [-0.15, -0.1) is 0 Å². The minimum atomic E-state index is -0.441. The normalized spacial score (nSPS) is 28.1. The van der Waals surface area contributed by atoms with Gasteiger partial charge in [0.15, 0.2) is 5.29 Å². The Bertz CT molecular complexity index is 527. The van der Waals surface area contributed by atoms with Crippen LogP contribution in [0.3, 0.4) is 0 Å². The van der Waals surface area contributed by atoms with Gasteiger partial charge in [-0.3, -0.25) is 9.89 Å². The van der Waals surface area contributed by atoms with Crippen molar-refractivity contribution in [3.8, 4) is 0 Å². The first-order valence-corrected chi connectivity index (χ1v) is 8.58. The third kappa shape index (κ3) is 3.98. The van der Waals surface area contributed by atoms with Crippen molar-refractivity contribution in [1.29, 1.82) is 0 Å². The molecule has 3 aliphatic heterocycles. The number of rotatable bonds is 2. The van der Waals surface area contributed by atoms with E-state index in [9.17, 15) is 4.79 Å². The molecular weight excluding hydrogens is 316 g/mol. The molecule has 0 aliphatic carbocycles. The summed E-state index contributed by atoms with van der Waals surface area (Å²) in [6, 6.07) is 0.812. The van der Waals surface area contributed by atoms with Gasteiger partial charge < -0.3 is 15.0 Å². The number of fused-ring (bicyclic) bond motifs is 2. The van der Waals surface area contributed by atoms with Crippen LogP contribution in [0.15, 0.2) is 16.8 Å². The number of nitrogens with zero attached hydrogens (tertiary/aromatic N) is 3. The molecule has 3 heterocycles. The highest BCUT2D eigenvalue weighted by Crippen LogP contribution is 2.31. The number of carbonyl (C=O) groups excluding carboxylic acids is 1.